The molecule has 1 aliphatic heterocycles. The third-order valence-electron chi connectivity index (χ3n) is 2.67. The van der Waals surface area contributed by atoms with Crippen LogP contribution in [0.1, 0.15) is 12.0 Å². The van der Waals surface area contributed by atoms with Crippen LogP contribution in [0, 0.1) is 5.92 Å². The van der Waals surface area contributed by atoms with Crippen LogP contribution in [-0.2, 0) is 11.3 Å². The Hall–Kier alpha value is -1.13. The fourth-order valence-electron chi connectivity index (χ4n) is 1.76. The summed E-state index contributed by atoms with van der Waals surface area (Å²) in [7, 11) is 1.93. The highest BCUT2D eigenvalue weighted by molar-refractivity contribution is 5.20. The Labute approximate surface area is 96.0 Å². The molecule has 88 valence electrons. The Balaban J connectivity index is 1.85. The van der Waals surface area contributed by atoms with Gasteiger partial charge in [-0.1, -0.05) is 0 Å². The van der Waals surface area contributed by atoms with E-state index >= 15 is 0 Å². The van der Waals surface area contributed by atoms with Crippen molar-refractivity contribution in [3.05, 3.63) is 23.9 Å². The Bertz CT molecular complexity index is 325. The lowest BCUT2D eigenvalue weighted by atomic mass is 10.1. The van der Waals surface area contributed by atoms with Gasteiger partial charge in [-0.2, -0.15) is 0 Å². The van der Waals surface area contributed by atoms with Crippen LogP contribution in [0.2, 0.25) is 0 Å². The number of aromatic nitrogens is 1. The minimum atomic E-state index is 0.523. The molecule has 0 spiro atoms. The first-order valence-corrected chi connectivity index (χ1v) is 5.68. The molecule has 1 N–H and O–H groups in total. The molecular formula is C12H18N2O2. The van der Waals surface area contributed by atoms with Crippen molar-refractivity contribution in [2.24, 2.45) is 5.92 Å². The maximum atomic E-state index is 5.66. The summed E-state index contributed by atoms with van der Waals surface area (Å²) in [5, 5.41) is 3.11. The second kappa shape index (κ2) is 5.82. The molecule has 0 saturated carbocycles. The molecular weight excluding hydrogens is 204 g/mol. The molecule has 0 aliphatic carbocycles. The van der Waals surface area contributed by atoms with Crippen molar-refractivity contribution in [2.45, 2.75) is 13.0 Å². The molecule has 1 aliphatic rings. The van der Waals surface area contributed by atoms with Gasteiger partial charge in [-0.05, 0) is 25.1 Å². The van der Waals surface area contributed by atoms with Gasteiger partial charge in [0.2, 0.25) is 5.88 Å². The van der Waals surface area contributed by atoms with Gasteiger partial charge in [0.25, 0.3) is 0 Å². The lowest BCUT2D eigenvalue weighted by molar-refractivity contribution is 0.165. The van der Waals surface area contributed by atoms with Gasteiger partial charge >= 0.3 is 0 Å². The molecule has 1 fully saturated rings. The number of ether oxygens (including phenoxy) is 2. The summed E-state index contributed by atoms with van der Waals surface area (Å²) < 4.78 is 11.0. The van der Waals surface area contributed by atoms with Crippen LogP contribution in [0.3, 0.4) is 0 Å². The van der Waals surface area contributed by atoms with Gasteiger partial charge in [-0.3, -0.25) is 0 Å². The first-order chi connectivity index (χ1) is 7.88. The number of hydrogen-bond donors (Lipinski definition) is 1. The van der Waals surface area contributed by atoms with Crippen LogP contribution in [0.25, 0.3) is 0 Å². The van der Waals surface area contributed by atoms with E-state index < -0.39 is 0 Å². The Morgan fingerprint density at radius 2 is 2.56 bits per heavy atom. The van der Waals surface area contributed by atoms with Crippen molar-refractivity contribution in [2.75, 3.05) is 26.9 Å². The molecule has 1 unspecified atom stereocenters. The normalized spacial score (nSPS) is 19.9. The molecule has 1 atom stereocenters. The van der Waals surface area contributed by atoms with E-state index in [4.69, 9.17) is 9.47 Å². The summed E-state index contributed by atoms with van der Waals surface area (Å²) in [6.45, 7) is 3.22. The first kappa shape index (κ1) is 11.4. The molecule has 1 saturated heterocycles. The molecule has 1 aromatic rings. The van der Waals surface area contributed by atoms with Crippen molar-refractivity contribution in [3.63, 3.8) is 0 Å². The molecule has 0 bridgehead atoms. The quantitative estimate of drug-likeness (QED) is 0.813. The van der Waals surface area contributed by atoms with Crippen molar-refractivity contribution >= 4 is 0 Å². The van der Waals surface area contributed by atoms with Crippen LogP contribution in [0.15, 0.2) is 18.3 Å². The van der Waals surface area contributed by atoms with Gasteiger partial charge in [0.05, 0.1) is 13.2 Å². The highest BCUT2D eigenvalue weighted by Gasteiger charge is 2.16. The lowest BCUT2D eigenvalue weighted by Crippen LogP contribution is -2.12. The predicted octanol–water partition coefficient (Wildman–Crippen LogP) is 1.22. The number of nitrogens with one attached hydrogen (secondary N) is 1. The van der Waals surface area contributed by atoms with Crippen molar-refractivity contribution < 1.29 is 9.47 Å². The van der Waals surface area contributed by atoms with Crippen molar-refractivity contribution in [3.8, 4) is 5.88 Å². The van der Waals surface area contributed by atoms with E-state index in [9.17, 15) is 0 Å². The first-order valence-electron chi connectivity index (χ1n) is 5.68. The van der Waals surface area contributed by atoms with E-state index in [1.54, 1.807) is 6.20 Å². The summed E-state index contributed by atoms with van der Waals surface area (Å²) in [6, 6.07) is 3.97. The van der Waals surface area contributed by atoms with E-state index in [1.807, 2.05) is 19.2 Å². The molecule has 0 radical (unpaired) electrons. The number of hydrogen-bond acceptors (Lipinski definition) is 4. The zero-order valence-corrected chi connectivity index (χ0v) is 9.61. The van der Waals surface area contributed by atoms with Gasteiger partial charge < -0.3 is 14.8 Å². The third kappa shape index (κ3) is 3.18. The average Bonchev–Trinajstić information content (AvgIpc) is 2.80. The zero-order chi connectivity index (χ0) is 11.2. The largest absolute Gasteiger partial charge is 0.477 e. The van der Waals surface area contributed by atoms with Gasteiger partial charge in [-0.25, -0.2) is 4.98 Å². The van der Waals surface area contributed by atoms with Gasteiger partial charge in [0, 0.05) is 31.3 Å². The second-order valence-electron chi connectivity index (χ2n) is 4.07. The highest BCUT2D eigenvalue weighted by Crippen LogP contribution is 2.15. The van der Waals surface area contributed by atoms with Crippen molar-refractivity contribution in [1.29, 1.82) is 0 Å². The van der Waals surface area contributed by atoms with E-state index in [-0.39, 0.29) is 0 Å². The zero-order valence-electron chi connectivity index (χ0n) is 9.61. The Kier molecular flexibility index (Phi) is 4.13. The number of rotatable bonds is 5. The number of nitrogens with zero attached hydrogens (tertiary/aromatic N) is 1. The molecule has 1 aromatic heterocycles. The number of pyridine rings is 1. The molecule has 0 amide bonds. The van der Waals surface area contributed by atoms with Gasteiger partial charge in [-0.15, -0.1) is 0 Å². The molecule has 16 heavy (non-hydrogen) atoms. The lowest BCUT2D eigenvalue weighted by Gasteiger charge is -2.10. The van der Waals surface area contributed by atoms with Gasteiger partial charge in [0.15, 0.2) is 0 Å². The van der Waals surface area contributed by atoms with Crippen LogP contribution in [0.5, 0.6) is 5.88 Å². The summed E-state index contributed by atoms with van der Waals surface area (Å²) in [4.78, 5) is 4.19. The van der Waals surface area contributed by atoms with Crippen LogP contribution in [-0.4, -0.2) is 31.9 Å². The van der Waals surface area contributed by atoms with E-state index in [0.717, 1.165) is 26.2 Å². The minimum absolute atomic E-state index is 0.523. The molecule has 0 aromatic carbocycles. The molecule has 2 rings (SSSR count). The Morgan fingerprint density at radius 3 is 3.31 bits per heavy atom. The van der Waals surface area contributed by atoms with E-state index in [0.29, 0.717) is 18.4 Å². The molecule has 2 heterocycles. The molecule has 4 heteroatoms. The Morgan fingerprint density at radius 1 is 1.62 bits per heavy atom. The van der Waals surface area contributed by atoms with Crippen LogP contribution >= 0.6 is 0 Å². The SMILES string of the molecule is CNCc1ccnc(OCC2CCOC2)c1. The summed E-state index contributed by atoms with van der Waals surface area (Å²) in [5.74, 6) is 1.23. The van der Waals surface area contributed by atoms with Gasteiger partial charge in [0.1, 0.15) is 0 Å². The van der Waals surface area contributed by atoms with Crippen LogP contribution < -0.4 is 10.1 Å². The standard InChI is InChI=1S/C12H18N2O2/c1-13-7-10-2-4-14-12(6-10)16-9-11-3-5-15-8-11/h2,4,6,11,13H,3,5,7-9H2,1H3. The van der Waals surface area contributed by atoms with E-state index in [2.05, 4.69) is 10.3 Å². The summed E-state index contributed by atoms with van der Waals surface area (Å²) in [6.07, 6.45) is 2.88. The topological polar surface area (TPSA) is 43.4 Å². The fraction of sp³-hybridized carbons (Fsp3) is 0.583. The monoisotopic (exact) mass is 222 g/mol. The molecule has 4 nitrogen and oxygen atoms in total. The second-order valence-corrected chi connectivity index (χ2v) is 4.07. The predicted molar refractivity (Wildman–Crippen MR) is 61.4 cm³/mol. The maximum absolute atomic E-state index is 5.66. The summed E-state index contributed by atoms with van der Waals surface area (Å²) >= 11 is 0. The maximum Gasteiger partial charge on any atom is 0.213 e. The van der Waals surface area contributed by atoms with E-state index in [1.165, 1.54) is 5.56 Å². The highest BCUT2D eigenvalue weighted by atomic mass is 16.5. The van der Waals surface area contributed by atoms with Crippen LogP contribution in [0.4, 0.5) is 0 Å². The smallest absolute Gasteiger partial charge is 0.213 e. The minimum Gasteiger partial charge on any atom is -0.477 e. The van der Waals surface area contributed by atoms with Crippen molar-refractivity contribution in [1.82, 2.24) is 10.3 Å². The average molecular weight is 222 g/mol. The summed E-state index contributed by atoms with van der Waals surface area (Å²) in [5.41, 5.74) is 1.19. The third-order valence-corrected chi connectivity index (χ3v) is 2.67. The fourth-order valence-corrected chi connectivity index (χ4v) is 1.76.